The summed E-state index contributed by atoms with van der Waals surface area (Å²) in [6.45, 7) is 0. The maximum absolute atomic E-state index is 8.52. The molecule has 0 unspecified atom stereocenters. The average molecular weight is 454 g/mol. The first kappa shape index (κ1) is 52.1. The van der Waals surface area contributed by atoms with Gasteiger partial charge in [-0.05, 0) is 0 Å². The van der Waals surface area contributed by atoms with Gasteiger partial charge in [0.2, 0.25) is 0 Å². The van der Waals surface area contributed by atoms with Crippen LogP contribution >= 0.6 is 0 Å². The molecule has 0 aliphatic heterocycles. The van der Waals surface area contributed by atoms with Gasteiger partial charge in [-0.15, -0.1) is 0 Å². The minimum absolute atomic E-state index is 0. The third kappa shape index (κ3) is 4290. The maximum Gasteiger partial charge on any atom is 3.00 e. The van der Waals surface area contributed by atoms with Crippen LogP contribution in [0.5, 0.6) is 0 Å². The van der Waals surface area contributed by atoms with Crippen molar-refractivity contribution in [3.63, 3.8) is 0 Å². The van der Waals surface area contributed by atoms with E-state index in [0.29, 0.717) is 0 Å². The van der Waals surface area contributed by atoms with Crippen LogP contribution in [0.1, 0.15) is 0 Å². The molecule has 0 aliphatic rings. The van der Waals surface area contributed by atoms with Crippen molar-refractivity contribution in [2.24, 2.45) is 0 Å². The Balaban J connectivity index is -0.0000000104. The molecular weight excluding hydrogens is 454 g/mol. The maximum atomic E-state index is 8.52. The Morgan fingerprint density at radius 3 is 0.471 bits per heavy atom. The minimum Gasteiger partial charge on any atom is -2.00 e. The molecule has 0 N–H and O–H groups in total. The van der Waals surface area contributed by atoms with Crippen molar-refractivity contribution < 1.29 is 124 Å². The molecule has 0 saturated carbocycles. The summed E-state index contributed by atoms with van der Waals surface area (Å²) in [6.07, 6.45) is 0. The van der Waals surface area contributed by atoms with Crippen molar-refractivity contribution in [1.82, 2.24) is 0 Å². The van der Waals surface area contributed by atoms with Gasteiger partial charge in [0.1, 0.15) is 0 Å². The fourth-order valence-corrected chi connectivity index (χ4v) is 0. The van der Waals surface area contributed by atoms with Gasteiger partial charge in [0.05, 0.1) is 0 Å². The summed E-state index contributed by atoms with van der Waals surface area (Å²) in [6, 6.07) is 0. The largest absolute Gasteiger partial charge is 3.00 e. The molecule has 0 saturated heterocycles. The Bertz CT molecular complexity index is 117. The molecule has 0 bridgehead atoms. The van der Waals surface area contributed by atoms with E-state index in [0.717, 1.165) is 0 Å². The molecule has 0 aromatic carbocycles. The standard InChI is InChI=1S/3O3Si.3O.2Y/c3*1-4(2)3;;;;;/q6*-2;2*+3. The van der Waals surface area contributed by atoms with Gasteiger partial charge >= 0.3 is 65.4 Å². The Kier molecular flexibility index (Phi) is 134. The van der Waals surface area contributed by atoms with E-state index in [4.69, 9.17) is 42.2 Å². The first-order valence-corrected chi connectivity index (χ1v) is 5.51. The Morgan fingerprint density at radius 1 is 0.471 bits per heavy atom. The van der Waals surface area contributed by atoms with E-state index >= 15 is 0 Å². The molecule has 0 atom stereocenters. The number of hydrogen-bond acceptors (Lipinski definition) is 9. The number of rotatable bonds is 0. The molecule has 0 spiro atoms. The van der Waals surface area contributed by atoms with Gasteiger partial charge in [-0.25, -0.2) is 0 Å². The predicted molar refractivity (Wildman–Crippen MR) is 21.4 cm³/mol. The zero-order valence-corrected chi connectivity index (χ0v) is 16.2. The van der Waals surface area contributed by atoms with Crippen molar-refractivity contribution in [3.8, 4) is 0 Å². The first-order chi connectivity index (χ1) is 5.20. The molecule has 0 amide bonds. The Labute approximate surface area is 150 Å². The monoisotopic (exact) mass is 454 g/mol. The van der Waals surface area contributed by atoms with Crippen LogP contribution in [0.3, 0.4) is 0 Å². The van der Waals surface area contributed by atoms with Gasteiger partial charge in [0.15, 0.2) is 0 Å². The van der Waals surface area contributed by atoms with Crippen LogP contribution in [0.4, 0.5) is 0 Å². The second-order valence-electron chi connectivity index (χ2n) is 0.750. The topological polar surface area (TPSA) is 275 Å². The summed E-state index contributed by atoms with van der Waals surface area (Å²) >= 11 is 0. The first-order valence-electron chi connectivity index (χ1n) is 1.84. The molecule has 0 rings (SSSR count). The molecule has 0 fully saturated rings. The van der Waals surface area contributed by atoms with Crippen LogP contribution in [0.2, 0.25) is 0 Å². The van der Waals surface area contributed by atoms with Crippen LogP contribution < -0.4 is 28.8 Å². The molecular formula is O12Si3Y2-6. The van der Waals surface area contributed by atoms with E-state index in [9.17, 15) is 0 Å². The van der Waals surface area contributed by atoms with Gasteiger partial charge in [0.25, 0.3) is 0 Å². The molecule has 12 nitrogen and oxygen atoms in total. The van der Waals surface area contributed by atoms with Gasteiger partial charge in [-0.3, -0.25) is 0 Å². The molecule has 0 aromatic rings. The molecule has 0 radical (unpaired) electrons. The smallest absolute Gasteiger partial charge is 2.00 e. The zero-order valence-electron chi connectivity index (χ0n) is 7.55. The SMILES string of the molecule is O=[Si]([O-])[O-].O=[Si]([O-])[O-].O=[Si]([O-])[O-].[O-2].[O-2].[O-2].[Y+3].[Y+3]. The van der Waals surface area contributed by atoms with Crippen LogP contribution in [-0.4, -0.2) is 27.5 Å². The van der Waals surface area contributed by atoms with Gasteiger partial charge in [0, 0.05) is 27.5 Å². The fourth-order valence-electron chi connectivity index (χ4n) is 0. The quantitative estimate of drug-likeness (QED) is 0.314. The molecule has 0 aromatic heterocycles. The normalized spacial score (nSPS) is 4.24. The van der Waals surface area contributed by atoms with Gasteiger partial charge in [-0.1, -0.05) is 0 Å². The summed E-state index contributed by atoms with van der Waals surface area (Å²) in [7, 11) is -10.9. The molecule has 0 aliphatic carbocycles. The van der Waals surface area contributed by atoms with E-state index < -0.39 is 27.5 Å². The summed E-state index contributed by atoms with van der Waals surface area (Å²) < 4.78 is 25.6. The molecule has 17 heavy (non-hydrogen) atoms. The van der Waals surface area contributed by atoms with Crippen LogP contribution in [0, 0.1) is 0 Å². The summed E-state index contributed by atoms with van der Waals surface area (Å²) in [4.78, 5) is 51.1. The van der Waals surface area contributed by atoms with E-state index in [-0.39, 0.29) is 81.8 Å². The minimum atomic E-state index is -3.63. The summed E-state index contributed by atoms with van der Waals surface area (Å²) in [5.74, 6) is 0. The molecule has 0 heterocycles. The predicted octanol–water partition coefficient (Wildman–Crippen LogP) is -8.99. The van der Waals surface area contributed by atoms with E-state index in [2.05, 4.69) is 0 Å². The third-order valence-electron chi connectivity index (χ3n) is 0. The van der Waals surface area contributed by atoms with Crippen LogP contribution in [0.25, 0.3) is 0 Å². The van der Waals surface area contributed by atoms with Gasteiger partial charge in [-0.2, -0.15) is 0 Å². The van der Waals surface area contributed by atoms with Crippen molar-refractivity contribution in [3.05, 3.63) is 0 Å². The second kappa shape index (κ2) is 43.6. The van der Waals surface area contributed by atoms with E-state index in [1.54, 1.807) is 0 Å². The van der Waals surface area contributed by atoms with Crippen molar-refractivity contribution in [2.75, 3.05) is 0 Å². The Morgan fingerprint density at radius 2 is 0.471 bits per heavy atom. The third-order valence-corrected chi connectivity index (χ3v) is 0. The van der Waals surface area contributed by atoms with Crippen LogP contribution in [0.15, 0.2) is 0 Å². The number of hydrogen-bond donors (Lipinski definition) is 0. The zero-order chi connectivity index (χ0) is 10.7. The van der Waals surface area contributed by atoms with E-state index in [1.165, 1.54) is 0 Å². The summed E-state index contributed by atoms with van der Waals surface area (Å²) in [5, 5.41) is 0. The fraction of sp³-hybridized carbons (Fsp3) is 0. The van der Waals surface area contributed by atoms with Crippen molar-refractivity contribution >= 4 is 27.5 Å². The second-order valence-corrected chi connectivity index (χ2v) is 2.25. The van der Waals surface area contributed by atoms with E-state index in [1.807, 2.05) is 0 Å². The molecule has 96 valence electrons. The van der Waals surface area contributed by atoms with Crippen molar-refractivity contribution in [2.45, 2.75) is 0 Å². The van der Waals surface area contributed by atoms with Crippen LogP contribution in [-0.2, 0) is 95.2 Å². The van der Waals surface area contributed by atoms with Gasteiger partial charge < -0.3 is 58.6 Å². The molecule has 17 heteroatoms. The summed E-state index contributed by atoms with van der Waals surface area (Å²) in [5.41, 5.74) is 0. The Hall–Kier alpha value is 0.938. The average Bonchev–Trinajstić information content (AvgIpc) is 1.54. The van der Waals surface area contributed by atoms with Crippen molar-refractivity contribution in [1.29, 1.82) is 0 Å².